The molecule has 3 aromatic heterocycles. The second-order valence-electron chi connectivity index (χ2n) is 5.57. The maximum Gasteiger partial charge on any atom is 0.273 e. The van der Waals surface area contributed by atoms with Crippen molar-refractivity contribution in [2.24, 2.45) is 0 Å². The van der Waals surface area contributed by atoms with Crippen LogP contribution in [0.25, 0.3) is 10.6 Å². The van der Waals surface area contributed by atoms with E-state index in [2.05, 4.69) is 20.8 Å². The van der Waals surface area contributed by atoms with Crippen molar-refractivity contribution in [2.75, 3.05) is 20.2 Å². The molecule has 0 aliphatic heterocycles. The van der Waals surface area contributed by atoms with Crippen LogP contribution in [0.4, 0.5) is 0 Å². The molecule has 0 fully saturated rings. The topological polar surface area (TPSA) is 89.3 Å². The van der Waals surface area contributed by atoms with Crippen molar-refractivity contribution in [3.8, 4) is 16.4 Å². The Morgan fingerprint density at radius 3 is 3.04 bits per heavy atom. The van der Waals surface area contributed by atoms with E-state index in [4.69, 9.17) is 9.26 Å². The van der Waals surface area contributed by atoms with Gasteiger partial charge in [-0.15, -0.1) is 11.3 Å². The third-order valence-corrected chi connectivity index (χ3v) is 4.54. The highest BCUT2D eigenvalue weighted by atomic mass is 32.1. The van der Waals surface area contributed by atoms with E-state index >= 15 is 0 Å². The van der Waals surface area contributed by atoms with Crippen LogP contribution in [0.1, 0.15) is 22.5 Å². The summed E-state index contributed by atoms with van der Waals surface area (Å²) in [6, 6.07) is 7.46. The van der Waals surface area contributed by atoms with Gasteiger partial charge in [0.1, 0.15) is 5.75 Å². The van der Waals surface area contributed by atoms with Gasteiger partial charge in [-0.2, -0.15) is 0 Å². The molecule has 7 nitrogen and oxygen atoms in total. The van der Waals surface area contributed by atoms with Crippen LogP contribution < -0.4 is 15.4 Å². The molecule has 0 radical (unpaired) electrons. The van der Waals surface area contributed by atoms with Crippen LogP contribution in [0, 0.1) is 0 Å². The highest BCUT2D eigenvalue weighted by Crippen LogP contribution is 2.24. The fourth-order valence-corrected chi connectivity index (χ4v) is 3.00. The van der Waals surface area contributed by atoms with Crippen LogP contribution in [-0.4, -0.2) is 36.2 Å². The van der Waals surface area contributed by atoms with Gasteiger partial charge in [-0.25, -0.2) is 0 Å². The van der Waals surface area contributed by atoms with E-state index in [1.165, 1.54) is 0 Å². The summed E-state index contributed by atoms with van der Waals surface area (Å²) in [5, 5.41) is 11.9. The maximum absolute atomic E-state index is 12.1. The summed E-state index contributed by atoms with van der Waals surface area (Å²) >= 11 is 1.54. The molecule has 0 atom stereocenters. The minimum absolute atomic E-state index is 0.228. The summed E-state index contributed by atoms with van der Waals surface area (Å²) in [7, 11) is 1.62. The fourth-order valence-electron chi connectivity index (χ4n) is 2.33. The smallest absolute Gasteiger partial charge is 0.273 e. The number of ether oxygens (including phenoxy) is 1. The standard InChI is InChI=1S/C18H20N4O3S/c1-24-14-8-13(11-20-12-14)10-19-5-3-6-21-18(23)15-9-16(25-22-15)17-4-2-7-26-17/h2,4,7-9,11-12,19H,3,5-6,10H2,1H3,(H,21,23). The van der Waals surface area contributed by atoms with Gasteiger partial charge in [0.25, 0.3) is 5.91 Å². The second-order valence-corrected chi connectivity index (χ2v) is 6.52. The molecule has 0 saturated heterocycles. The fraction of sp³-hybridized carbons (Fsp3) is 0.278. The number of amides is 1. The second kappa shape index (κ2) is 9.12. The molecule has 1 amide bonds. The molecule has 3 rings (SSSR count). The summed E-state index contributed by atoms with van der Waals surface area (Å²) in [4.78, 5) is 17.1. The van der Waals surface area contributed by atoms with Gasteiger partial charge in [-0.1, -0.05) is 11.2 Å². The van der Waals surface area contributed by atoms with Gasteiger partial charge in [0.2, 0.25) is 0 Å². The Hall–Kier alpha value is -2.71. The maximum atomic E-state index is 12.1. The molecule has 0 aliphatic carbocycles. The number of nitrogens with one attached hydrogen (secondary N) is 2. The molecule has 0 saturated carbocycles. The number of hydrogen-bond donors (Lipinski definition) is 2. The Balaban J connectivity index is 1.35. The number of nitrogens with zero attached hydrogens (tertiary/aromatic N) is 2. The van der Waals surface area contributed by atoms with Gasteiger partial charge in [0.15, 0.2) is 11.5 Å². The number of aromatic nitrogens is 2. The summed E-state index contributed by atoms with van der Waals surface area (Å²) in [5.74, 6) is 1.12. The number of hydrogen-bond acceptors (Lipinski definition) is 7. The lowest BCUT2D eigenvalue weighted by Gasteiger charge is -2.06. The van der Waals surface area contributed by atoms with Crippen molar-refractivity contribution in [1.29, 1.82) is 0 Å². The van der Waals surface area contributed by atoms with Crippen molar-refractivity contribution >= 4 is 17.2 Å². The SMILES string of the molecule is COc1cncc(CNCCCNC(=O)c2cc(-c3cccs3)on2)c1. The molecule has 0 bridgehead atoms. The van der Waals surface area contributed by atoms with Crippen LogP contribution in [0.3, 0.4) is 0 Å². The van der Waals surface area contributed by atoms with Crippen LogP contribution >= 0.6 is 11.3 Å². The van der Waals surface area contributed by atoms with Gasteiger partial charge < -0.3 is 19.9 Å². The van der Waals surface area contributed by atoms with E-state index in [0.717, 1.165) is 29.2 Å². The number of thiophene rings is 1. The molecule has 26 heavy (non-hydrogen) atoms. The molecule has 0 spiro atoms. The lowest BCUT2D eigenvalue weighted by Crippen LogP contribution is -2.27. The quantitative estimate of drug-likeness (QED) is 0.562. The zero-order valence-corrected chi connectivity index (χ0v) is 15.2. The predicted octanol–water partition coefficient (Wildman–Crippen LogP) is 2.72. The number of carbonyl (C=O) groups is 1. The van der Waals surface area contributed by atoms with Gasteiger partial charge in [0, 0.05) is 25.4 Å². The van der Waals surface area contributed by atoms with E-state index in [0.29, 0.717) is 24.5 Å². The summed E-state index contributed by atoms with van der Waals surface area (Å²) in [6.45, 7) is 2.03. The van der Waals surface area contributed by atoms with E-state index in [1.807, 2.05) is 23.6 Å². The summed E-state index contributed by atoms with van der Waals surface area (Å²) < 4.78 is 10.4. The average molecular weight is 372 g/mol. The Kier molecular flexibility index (Phi) is 6.34. The van der Waals surface area contributed by atoms with Crippen molar-refractivity contribution in [3.63, 3.8) is 0 Å². The van der Waals surface area contributed by atoms with Gasteiger partial charge in [-0.3, -0.25) is 9.78 Å². The first-order valence-electron chi connectivity index (χ1n) is 8.23. The highest BCUT2D eigenvalue weighted by molar-refractivity contribution is 7.13. The number of pyridine rings is 1. The van der Waals surface area contributed by atoms with Crippen LogP contribution in [0.15, 0.2) is 46.6 Å². The first-order valence-corrected chi connectivity index (χ1v) is 9.11. The van der Waals surface area contributed by atoms with E-state index in [1.54, 1.807) is 36.9 Å². The normalized spacial score (nSPS) is 10.7. The first kappa shape index (κ1) is 18.1. The molecular formula is C18H20N4O3S. The largest absolute Gasteiger partial charge is 0.495 e. The summed E-state index contributed by atoms with van der Waals surface area (Å²) in [5.41, 5.74) is 1.35. The zero-order valence-electron chi connectivity index (χ0n) is 14.4. The molecule has 3 heterocycles. The van der Waals surface area contributed by atoms with E-state index in [-0.39, 0.29) is 5.91 Å². The molecule has 2 N–H and O–H groups in total. The third kappa shape index (κ3) is 4.90. The zero-order chi connectivity index (χ0) is 18.2. The third-order valence-electron chi connectivity index (χ3n) is 3.66. The molecule has 0 aromatic carbocycles. The highest BCUT2D eigenvalue weighted by Gasteiger charge is 2.13. The number of methoxy groups -OCH3 is 1. The molecule has 0 aliphatic rings. The van der Waals surface area contributed by atoms with E-state index in [9.17, 15) is 4.79 Å². The lowest BCUT2D eigenvalue weighted by atomic mass is 10.2. The Morgan fingerprint density at radius 2 is 2.23 bits per heavy atom. The Morgan fingerprint density at radius 1 is 1.31 bits per heavy atom. The van der Waals surface area contributed by atoms with E-state index < -0.39 is 0 Å². The van der Waals surface area contributed by atoms with Crippen molar-refractivity contribution in [1.82, 2.24) is 20.8 Å². The van der Waals surface area contributed by atoms with Gasteiger partial charge in [-0.05, 0) is 36.0 Å². The predicted molar refractivity (Wildman–Crippen MR) is 99.3 cm³/mol. The molecule has 0 unspecified atom stereocenters. The Labute approximate surface area is 155 Å². The molecule has 136 valence electrons. The number of carbonyl (C=O) groups excluding carboxylic acids is 1. The average Bonchev–Trinajstić information content (AvgIpc) is 3.36. The van der Waals surface area contributed by atoms with Crippen molar-refractivity contribution in [2.45, 2.75) is 13.0 Å². The molecule has 3 aromatic rings. The molecular weight excluding hydrogens is 352 g/mol. The minimum atomic E-state index is -0.228. The summed E-state index contributed by atoms with van der Waals surface area (Å²) in [6.07, 6.45) is 4.28. The lowest BCUT2D eigenvalue weighted by molar-refractivity contribution is 0.0944. The van der Waals surface area contributed by atoms with Crippen LogP contribution in [0.2, 0.25) is 0 Å². The van der Waals surface area contributed by atoms with Crippen LogP contribution in [-0.2, 0) is 6.54 Å². The van der Waals surface area contributed by atoms with Gasteiger partial charge >= 0.3 is 0 Å². The monoisotopic (exact) mass is 372 g/mol. The van der Waals surface area contributed by atoms with Crippen LogP contribution in [0.5, 0.6) is 5.75 Å². The molecule has 8 heteroatoms. The van der Waals surface area contributed by atoms with Gasteiger partial charge in [0.05, 0.1) is 18.2 Å². The Bertz CT molecular complexity index is 833. The van der Waals surface area contributed by atoms with Crippen molar-refractivity contribution < 1.29 is 14.1 Å². The van der Waals surface area contributed by atoms with Crippen molar-refractivity contribution in [3.05, 3.63) is 53.3 Å². The number of rotatable bonds is 9. The first-order chi connectivity index (χ1) is 12.8. The minimum Gasteiger partial charge on any atom is -0.495 e.